The van der Waals surface area contributed by atoms with Gasteiger partial charge in [-0.25, -0.2) is 0 Å². The second-order valence-electron chi connectivity index (χ2n) is 3.53. The van der Waals surface area contributed by atoms with Gasteiger partial charge in [-0.15, -0.1) is 11.6 Å². The van der Waals surface area contributed by atoms with Crippen LogP contribution in [-0.4, -0.2) is 11.9 Å². The molecule has 3 N–H and O–H groups in total. The maximum Gasteiger partial charge on any atom is 0.0251 e. The summed E-state index contributed by atoms with van der Waals surface area (Å²) in [4.78, 5) is 0. The largest absolute Gasteiger partial charge is 0.271 e. The van der Waals surface area contributed by atoms with Crippen molar-refractivity contribution in [2.24, 2.45) is 5.84 Å². The first-order valence-electron chi connectivity index (χ1n) is 5.03. The van der Waals surface area contributed by atoms with E-state index < -0.39 is 0 Å². The summed E-state index contributed by atoms with van der Waals surface area (Å²) >= 11 is 7.96. The van der Waals surface area contributed by atoms with E-state index in [1.807, 2.05) is 0 Å². The first-order chi connectivity index (χ1) is 7.26. The number of rotatable bonds is 6. The van der Waals surface area contributed by atoms with Crippen molar-refractivity contribution in [3.05, 3.63) is 33.4 Å². The van der Waals surface area contributed by atoms with Crippen molar-refractivity contribution in [3.8, 4) is 0 Å². The van der Waals surface area contributed by atoms with Gasteiger partial charge in [0.05, 0.1) is 0 Å². The number of hydrogen-bond donors (Lipinski definition) is 2. The van der Waals surface area contributed by atoms with Gasteiger partial charge in [-0.2, -0.15) is 0 Å². The number of nitrogens with two attached hydrogens (primary N) is 1. The number of alkyl halides is 1. The fourth-order valence-corrected chi connectivity index (χ4v) is 1.99. The molecule has 1 atom stereocenters. The lowest BCUT2D eigenvalue weighted by Gasteiger charge is -2.15. The molecule has 0 saturated heterocycles. The highest BCUT2D eigenvalue weighted by Crippen LogP contribution is 2.10. The van der Waals surface area contributed by atoms with Gasteiger partial charge in [0.25, 0.3) is 0 Å². The molecule has 4 heteroatoms. The molecule has 0 aliphatic heterocycles. The molecule has 0 radical (unpaired) electrons. The summed E-state index contributed by atoms with van der Waals surface area (Å²) in [6.45, 7) is 0. The summed E-state index contributed by atoms with van der Waals surface area (Å²) in [6, 6.07) is 8.85. The molecule has 0 spiro atoms. The van der Waals surface area contributed by atoms with Gasteiger partial charge in [0.15, 0.2) is 0 Å². The second-order valence-corrected chi connectivity index (χ2v) is 5.15. The van der Waals surface area contributed by atoms with Crippen LogP contribution in [0.4, 0.5) is 0 Å². The smallest absolute Gasteiger partial charge is 0.0251 e. The number of hydrazine groups is 1. The average Bonchev–Trinajstić information content (AvgIpc) is 2.27. The van der Waals surface area contributed by atoms with Crippen molar-refractivity contribution in [2.45, 2.75) is 25.3 Å². The van der Waals surface area contributed by atoms with Crippen LogP contribution in [0.5, 0.6) is 0 Å². The topological polar surface area (TPSA) is 38.0 Å². The highest BCUT2D eigenvalue weighted by atomic mass is 127. The summed E-state index contributed by atoms with van der Waals surface area (Å²) in [5.41, 5.74) is 4.15. The Hall–Kier alpha value is 0.160. The van der Waals surface area contributed by atoms with Crippen LogP contribution in [0.15, 0.2) is 24.3 Å². The van der Waals surface area contributed by atoms with E-state index in [1.54, 1.807) is 0 Å². The van der Waals surface area contributed by atoms with Crippen LogP contribution >= 0.6 is 34.2 Å². The molecule has 1 aromatic carbocycles. The predicted molar refractivity (Wildman–Crippen MR) is 73.9 cm³/mol. The Morgan fingerprint density at radius 2 is 2.00 bits per heavy atom. The van der Waals surface area contributed by atoms with Gasteiger partial charge in [-0.1, -0.05) is 12.1 Å². The number of benzene rings is 1. The standard InChI is InChI=1S/C11H16ClIN2/c12-7-1-2-11(15-14)8-9-3-5-10(13)6-4-9/h3-6,11,15H,1-2,7-8,14H2. The average molecular weight is 339 g/mol. The number of halogens is 2. The van der Waals surface area contributed by atoms with Gasteiger partial charge in [-0.05, 0) is 59.5 Å². The molecule has 0 heterocycles. The normalized spacial score (nSPS) is 12.7. The third-order valence-corrected chi connectivity index (χ3v) is 3.30. The molecular weight excluding hydrogens is 322 g/mol. The molecule has 0 amide bonds. The van der Waals surface area contributed by atoms with Crippen LogP contribution in [0.25, 0.3) is 0 Å². The molecule has 0 saturated carbocycles. The summed E-state index contributed by atoms with van der Waals surface area (Å²) in [6.07, 6.45) is 2.98. The zero-order valence-electron chi connectivity index (χ0n) is 8.55. The Bertz CT molecular complexity index is 276. The first kappa shape index (κ1) is 13.2. The molecule has 15 heavy (non-hydrogen) atoms. The molecule has 0 aliphatic rings. The number of hydrogen-bond acceptors (Lipinski definition) is 2. The Labute approximate surface area is 110 Å². The maximum atomic E-state index is 5.66. The molecular formula is C11H16ClIN2. The van der Waals surface area contributed by atoms with Crippen LogP contribution in [0.1, 0.15) is 18.4 Å². The van der Waals surface area contributed by atoms with Crippen molar-refractivity contribution < 1.29 is 0 Å². The number of nitrogens with one attached hydrogen (secondary N) is 1. The fraction of sp³-hybridized carbons (Fsp3) is 0.455. The van der Waals surface area contributed by atoms with E-state index in [0.29, 0.717) is 11.9 Å². The van der Waals surface area contributed by atoms with Crippen molar-refractivity contribution in [1.29, 1.82) is 0 Å². The Kier molecular flexibility index (Phi) is 6.56. The van der Waals surface area contributed by atoms with Crippen LogP contribution < -0.4 is 11.3 Å². The van der Waals surface area contributed by atoms with E-state index in [0.717, 1.165) is 19.3 Å². The Morgan fingerprint density at radius 1 is 1.33 bits per heavy atom. The fourth-order valence-electron chi connectivity index (χ4n) is 1.47. The van der Waals surface area contributed by atoms with Crippen LogP contribution in [0.3, 0.4) is 0 Å². The lowest BCUT2D eigenvalue weighted by atomic mass is 10.0. The predicted octanol–water partition coefficient (Wildman–Crippen LogP) is 2.68. The molecule has 2 nitrogen and oxygen atoms in total. The Balaban J connectivity index is 2.47. The molecule has 0 fully saturated rings. The SMILES string of the molecule is NNC(CCCCl)Cc1ccc(I)cc1. The summed E-state index contributed by atoms with van der Waals surface area (Å²) in [7, 11) is 0. The lowest BCUT2D eigenvalue weighted by Crippen LogP contribution is -2.36. The van der Waals surface area contributed by atoms with E-state index in [9.17, 15) is 0 Å². The molecule has 84 valence electrons. The monoisotopic (exact) mass is 338 g/mol. The van der Waals surface area contributed by atoms with Crippen LogP contribution in [0, 0.1) is 3.57 Å². The van der Waals surface area contributed by atoms with Crippen LogP contribution in [-0.2, 0) is 6.42 Å². The van der Waals surface area contributed by atoms with Gasteiger partial charge < -0.3 is 0 Å². The lowest BCUT2D eigenvalue weighted by molar-refractivity contribution is 0.487. The van der Waals surface area contributed by atoms with Gasteiger partial charge in [-0.3, -0.25) is 11.3 Å². The Morgan fingerprint density at radius 3 is 2.53 bits per heavy atom. The summed E-state index contributed by atoms with van der Waals surface area (Å²) in [5, 5.41) is 0. The molecule has 1 rings (SSSR count). The second kappa shape index (κ2) is 7.44. The van der Waals surface area contributed by atoms with Crippen molar-refractivity contribution in [2.75, 3.05) is 5.88 Å². The van der Waals surface area contributed by atoms with E-state index >= 15 is 0 Å². The van der Waals surface area contributed by atoms with E-state index in [2.05, 4.69) is 52.3 Å². The van der Waals surface area contributed by atoms with Gasteiger partial charge in [0, 0.05) is 15.5 Å². The van der Waals surface area contributed by atoms with Crippen molar-refractivity contribution in [3.63, 3.8) is 0 Å². The third kappa shape index (κ3) is 5.15. The zero-order valence-corrected chi connectivity index (χ0v) is 11.5. The van der Waals surface area contributed by atoms with Crippen molar-refractivity contribution >= 4 is 34.2 Å². The summed E-state index contributed by atoms with van der Waals surface area (Å²) in [5.74, 6) is 6.20. The minimum Gasteiger partial charge on any atom is -0.271 e. The van der Waals surface area contributed by atoms with Gasteiger partial charge in [0.1, 0.15) is 0 Å². The zero-order chi connectivity index (χ0) is 11.1. The summed E-state index contributed by atoms with van der Waals surface area (Å²) < 4.78 is 1.26. The molecule has 0 bridgehead atoms. The highest BCUT2D eigenvalue weighted by molar-refractivity contribution is 14.1. The van der Waals surface area contributed by atoms with Gasteiger partial charge >= 0.3 is 0 Å². The maximum absolute atomic E-state index is 5.66. The quantitative estimate of drug-likeness (QED) is 0.362. The van der Waals surface area contributed by atoms with Crippen LogP contribution in [0.2, 0.25) is 0 Å². The minimum absolute atomic E-state index is 0.323. The molecule has 1 aromatic rings. The first-order valence-corrected chi connectivity index (χ1v) is 6.64. The minimum atomic E-state index is 0.323. The van der Waals surface area contributed by atoms with E-state index in [4.69, 9.17) is 17.4 Å². The highest BCUT2D eigenvalue weighted by Gasteiger charge is 2.06. The van der Waals surface area contributed by atoms with Crippen molar-refractivity contribution in [1.82, 2.24) is 5.43 Å². The van der Waals surface area contributed by atoms with E-state index in [1.165, 1.54) is 9.13 Å². The van der Waals surface area contributed by atoms with Gasteiger partial charge in [0.2, 0.25) is 0 Å². The third-order valence-electron chi connectivity index (χ3n) is 2.32. The molecule has 1 unspecified atom stereocenters. The van der Waals surface area contributed by atoms with E-state index in [-0.39, 0.29) is 0 Å². The molecule has 0 aromatic heterocycles. The molecule has 0 aliphatic carbocycles.